The van der Waals surface area contributed by atoms with Crippen LogP contribution in [0.2, 0.25) is 0 Å². The van der Waals surface area contributed by atoms with Crippen molar-refractivity contribution >= 4 is 64.1 Å². The first-order chi connectivity index (χ1) is 29.7. The molecule has 12 aromatic rings. The van der Waals surface area contributed by atoms with E-state index in [9.17, 15) is 0 Å². The fourth-order valence-corrected chi connectivity index (χ4v) is 10.7. The smallest absolute Gasteiger partial charge is 0.160 e. The molecule has 0 saturated carbocycles. The first-order valence-corrected chi connectivity index (χ1v) is 21.2. The topological polar surface area (TPSA) is 30.7 Å². The van der Waals surface area contributed by atoms with Crippen LogP contribution in [0.1, 0.15) is 0 Å². The summed E-state index contributed by atoms with van der Waals surface area (Å²) in [6.07, 6.45) is 0. The largest absolute Gasteiger partial charge is 0.309 e. The van der Waals surface area contributed by atoms with Crippen molar-refractivity contribution < 1.29 is 0 Å². The molecule has 0 unspecified atom stereocenters. The summed E-state index contributed by atoms with van der Waals surface area (Å²) in [6.45, 7) is 0. The molecule has 1 aliphatic rings. The first kappa shape index (κ1) is 33.3. The van der Waals surface area contributed by atoms with E-state index in [0.29, 0.717) is 5.82 Å². The maximum absolute atomic E-state index is 5.21. The third kappa shape index (κ3) is 5.01. The van der Waals surface area contributed by atoms with Gasteiger partial charge in [-0.05, 0) is 98.8 Å². The van der Waals surface area contributed by atoms with Crippen LogP contribution in [0.15, 0.2) is 200 Å². The Labute approximate surface area is 350 Å². The Bertz CT molecular complexity index is 3650. The van der Waals surface area contributed by atoms with Crippen molar-refractivity contribution in [3.05, 3.63) is 200 Å². The van der Waals surface area contributed by atoms with Crippen molar-refractivity contribution in [1.29, 1.82) is 0 Å². The van der Waals surface area contributed by atoms with Gasteiger partial charge in [-0.3, -0.25) is 0 Å². The predicted octanol–water partition coefficient (Wildman–Crippen LogP) is 15.4. The summed E-state index contributed by atoms with van der Waals surface area (Å²) in [5.74, 6) is 0.708. The number of hydrogen-bond donors (Lipinski definition) is 0. The molecule has 9 aromatic carbocycles. The molecule has 0 aliphatic heterocycles. The molecule has 3 heterocycles. The second-order valence-corrected chi connectivity index (χ2v) is 16.8. The second-order valence-electron chi connectivity index (χ2n) is 15.7. The Balaban J connectivity index is 1.06. The lowest BCUT2D eigenvalue weighted by Crippen LogP contribution is -1.98. The monoisotopic (exact) mass is 779 g/mol. The van der Waals surface area contributed by atoms with Gasteiger partial charge >= 0.3 is 0 Å². The van der Waals surface area contributed by atoms with Crippen molar-refractivity contribution in [2.45, 2.75) is 0 Å². The normalized spacial score (nSPS) is 12.0. The summed E-state index contributed by atoms with van der Waals surface area (Å²) >= 11 is 1.86. The van der Waals surface area contributed by atoms with Gasteiger partial charge in [0.15, 0.2) is 5.82 Å². The van der Waals surface area contributed by atoms with E-state index in [1.807, 2.05) is 35.6 Å². The molecular weight excluding hydrogens is 747 g/mol. The highest BCUT2D eigenvalue weighted by molar-refractivity contribution is 7.25. The number of benzene rings is 9. The van der Waals surface area contributed by atoms with Gasteiger partial charge in [-0.15, -0.1) is 11.3 Å². The molecule has 0 atom stereocenters. The van der Waals surface area contributed by atoms with Gasteiger partial charge in [0.05, 0.1) is 22.4 Å². The summed E-state index contributed by atoms with van der Waals surface area (Å²) in [7, 11) is 0. The van der Waals surface area contributed by atoms with Crippen LogP contribution >= 0.6 is 11.3 Å². The lowest BCUT2D eigenvalue weighted by atomic mass is 9.96. The van der Waals surface area contributed by atoms with Gasteiger partial charge in [-0.25, -0.2) is 9.97 Å². The van der Waals surface area contributed by atoms with Gasteiger partial charge in [-0.1, -0.05) is 146 Å². The van der Waals surface area contributed by atoms with Crippen LogP contribution in [0, 0.1) is 0 Å². The number of aromatic nitrogens is 3. The minimum absolute atomic E-state index is 0.708. The zero-order valence-electron chi connectivity index (χ0n) is 32.3. The fourth-order valence-electron chi connectivity index (χ4n) is 9.62. The van der Waals surface area contributed by atoms with E-state index in [1.165, 1.54) is 86.1 Å². The summed E-state index contributed by atoms with van der Waals surface area (Å²) in [5, 5.41) is 7.75. The van der Waals surface area contributed by atoms with Gasteiger partial charge in [0, 0.05) is 53.3 Å². The molecule has 0 N–H and O–H groups in total. The maximum Gasteiger partial charge on any atom is 0.160 e. The molecular formula is C56H33N3S. The van der Waals surface area contributed by atoms with E-state index in [2.05, 4.69) is 180 Å². The maximum atomic E-state index is 5.21. The van der Waals surface area contributed by atoms with E-state index >= 15 is 0 Å². The summed E-state index contributed by atoms with van der Waals surface area (Å²) in [4.78, 5) is 10.3. The molecule has 3 aromatic heterocycles. The lowest BCUT2D eigenvalue weighted by Gasteiger charge is -2.13. The van der Waals surface area contributed by atoms with Gasteiger partial charge in [-0.2, -0.15) is 0 Å². The molecule has 0 radical (unpaired) electrons. The van der Waals surface area contributed by atoms with Gasteiger partial charge in [0.1, 0.15) is 0 Å². The fraction of sp³-hybridized carbons (Fsp3) is 0. The van der Waals surface area contributed by atoms with Crippen LogP contribution in [0.3, 0.4) is 0 Å². The van der Waals surface area contributed by atoms with Gasteiger partial charge in [0.2, 0.25) is 0 Å². The zero-order chi connectivity index (χ0) is 39.3. The van der Waals surface area contributed by atoms with Crippen LogP contribution in [0.25, 0.3) is 126 Å². The minimum atomic E-state index is 0.708. The van der Waals surface area contributed by atoms with E-state index < -0.39 is 0 Å². The molecule has 4 heteroatoms. The van der Waals surface area contributed by atoms with E-state index in [4.69, 9.17) is 9.97 Å². The molecule has 0 spiro atoms. The average Bonchev–Trinajstić information content (AvgIpc) is 3.97. The molecule has 0 bridgehead atoms. The summed E-state index contributed by atoms with van der Waals surface area (Å²) < 4.78 is 5.11. The number of nitrogens with zero attached hydrogens (tertiary/aromatic N) is 3. The van der Waals surface area contributed by atoms with E-state index in [-0.39, 0.29) is 0 Å². The first-order valence-electron chi connectivity index (χ1n) is 20.4. The Morgan fingerprint density at radius 2 is 0.950 bits per heavy atom. The minimum Gasteiger partial charge on any atom is -0.309 e. The number of thiophene rings is 1. The van der Waals surface area contributed by atoms with Crippen LogP contribution < -0.4 is 0 Å². The summed E-state index contributed by atoms with van der Waals surface area (Å²) in [5.41, 5.74) is 15.9. The SMILES string of the molecule is c1ccc(-c2cc(-c3cccc(-n4c5ccc(-c6ccc7sc8ccccc8c7c6)cc5c5c6cccc7c6c(cc54)-c4ccccc4-7)c3)nc(-c3ccccc3)n2)cc1. The predicted molar refractivity (Wildman–Crippen MR) is 253 cm³/mol. The molecule has 278 valence electrons. The third-order valence-corrected chi connectivity index (χ3v) is 13.5. The van der Waals surface area contributed by atoms with E-state index in [0.717, 1.165) is 33.8 Å². The van der Waals surface area contributed by atoms with Crippen molar-refractivity contribution in [2.24, 2.45) is 0 Å². The zero-order valence-corrected chi connectivity index (χ0v) is 33.1. The molecule has 0 amide bonds. The van der Waals surface area contributed by atoms with Crippen molar-refractivity contribution in [3.63, 3.8) is 0 Å². The van der Waals surface area contributed by atoms with Crippen LogP contribution in [-0.4, -0.2) is 14.5 Å². The molecule has 0 fully saturated rings. The molecule has 0 saturated heterocycles. The van der Waals surface area contributed by atoms with Crippen molar-refractivity contribution in [1.82, 2.24) is 14.5 Å². The van der Waals surface area contributed by atoms with Gasteiger partial charge < -0.3 is 4.57 Å². The Hall–Kier alpha value is -7.66. The highest BCUT2D eigenvalue weighted by Crippen LogP contribution is 2.51. The Morgan fingerprint density at radius 1 is 0.333 bits per heavy atom. The average molecular weight is 780 g/mol. The quantitative estimate of drug-likeness (QED) is 0.174. The Kier molecular flexibility index (Phi) is 7.18. The highest BCUT2D eigenvalue weighted by atomic mass is 32.1. The van der Waals surface area contributed by atoms with Crippen molar-refractivity contribution in [2.75, 3.05) is 0 Å². The molecule has 60 heavy (non-hydrogen) atoms. The van der Waals surface area contributed by atoms with Gasteiger partial charge in [0.25, 0.3) is 0 Å². The third-order valence-electron chi connectivity index (χ3n) is 12.3. The van der Waals surface area contributed by atoms with E-state index in [1.54, 1.807) is 0 Å². The second kappa shape index (κ2) is 12.9. The van der Waals surface area contributed by atoms with Crippen molar-refractivity contribution in [3.8, 4) is 73.0 Å². The molecule has 3 nitrogen and oxygen atoms in total. The van der Waals surface area contributed by atoms with Crippen LogP contribution in [0.5, 0.6) is 0 Å². The standard InChI is InChI=1S/C56H33N3S/c1-3-13-34(14-4-1)48-33-49(58-56(57-48)35-15-5-2-6-16-35)38-17-11-18-39(29-38)59-50-27-25-36(37-26-28-53-45(30-37)42-21-9-10-24-52(42)60-53)31-47(50)55-44-23-12-22-43-40-19-7-8-20-41(40)46(54(43)44)32-51(55)59/h1-33H. The number of fused-ring (bicyclic) bond motifs is 10. The lowest BCUT2D eigenvalue weighted by molar-refractivity contribution is 1.16. The van der Waals surface area contributed by atoms with Crippen LogP contribution in [0.4, 0.5) is 0 Å². The Morgan fingerprint density at radius 3 is 1.78 bits per heavy atom. The highest BCUT2D eigenvalue weighted by Gasteiger charge is 2.26. The summed E-state index contributed by atoms with van der Waals surface area (Å²) in [6, 6.07) is 72.5. The molecule has 13 rings (SSSR count). The number of rotatable bonds is 5. The molecule has 1 aliphatic carbocycles. The number of hydrogen-bond acceptors (Lipinski definition) is 3. The van der Waals surface area contributed by atoms with Crippen LogP contribution in [-0.2, 0) is 0 Å².